The molecule has 2 fully saturated rings. The van der Waals surface area contributed by atoms with E-state index in [1.165, 1.54) is 109 Å². The van der Waals surface area contributed by atoms with Gasteiger partial charge >= 0.3 is 0 Å². The van der Waals surface area contributed by atoms with Crippen LogP contribution in [0.3, 0.4) is 0 Å². The Labute approximate surface area is 174 Å². The molecule has 0 aromatic carbocycles. The van der Waals surface area contributed by atoms with Gasteiger partial charge in [-0.2, -0.15) is 0 Å². The van der Waals surface area contributed by atoms with Crippen LogP contribution in [-0.2, 0) is 11.2 Å². The van der Waals surface area contributed by atoms with Crippen molar-refractivity contribution >= 4 is 11.2 Å². The molecule has 27 heavy (non-hydrogen) atoms. The van der Waals surface area contributed by atoms with Crippen LogP contribution >= 0.6 is 0 Å². The van der Waals surface area contributed by atoms with Crippen LogP contribution in [0.4, 0.5) is 0 Å². The van der Waals surface area contributed by atoms with Crippen LogP contribution in [0.2, 0.25) is 0 Å². The molecule has 160 valence electrons. The molecule has 2 aliphatic rings. The van der Waals surface area contributed by atoms with Gasteiger partial charge in [-0.15, -0.1) is 0 Å². The molecule has 0 radical (unpaired) electrons. The second-order valence-corrected chi connectivity index (χ2v) is 11.9. The highest BCUT2D eigenvalue weighted by atomic mass is 32.2. The lowest BCUT2D eigenvalue weighted by atomic mass is 9.68. The fraction of sp³-hybridized carbons (Fsp3) is 1.00. The summed E-state index contributed by atoms with van der Waals surface area (Å²) in [5.41, 5.74) is 0. The first-order valence-electron chi connectivity index (χ1n) is 12.5. The van der Waals surface area contributed by atoms with Gasteiger partial charge in [-0.1, -0.05) is 71.6 Å². The largest absolute Gasteiger partial charge is 0.616 e. The van der Waals surface area contributed by atoms with Gasteiger partial charge in [0.05, 0.1) is 0 Å². The van der Waals surface area contributed by atoms with Crippen LogP contribution in [0, 0.1) is 17.8 Å². The first-order valence-corrected chi connectivity index (χ1v) is 13.9. The molecule has 1 nitrogen and oxygen atoms in total. The van der Waals surface area contributed by atoms with Crippen molar-refractivity contribution < 1.29 is 4.55 Å². The summed E-state index contributed by atoms with van der Waals surface area (Å²) in [6, 6.07) is 0. The van der Waals surface area contributed by atoms with Gasteiger partial charge < -0.3 is 4.55 Å². The molecule has 2 rings (SSSR count). The van der Waals surface area contributed by atoms with Gasteiger partial charge in [-0.3, -0.25) is 0 Å². The van der Waals surface area contributed by atoms with Crippen LogP contribution in [0.5, 0.6) is 0 Å². The van der Waals surface area contributed by atoms with Crippen molar-refractivity contribution in [3.63, 3.8) is 0 Å². The van der Waals surface area contributed by atoms with Gasteiger partial charge in [0.2, 0.25) is 0 Å². The zero-order valence-corrected chi connectivity index (χ0v) is 19.6. The van der Waals surface area contributed by atoms with E-state index in [-0.39, 0.29) is 4.75 Å². The highest BCUT2D eigenvalue weighted by molar-refractivity contribution is 7.92. The molecule has 0 N–H and O–H groups in total. The van der Waals surface area contributed by atoms with Crippen LogP contribution < -0.4 is 0 Å². The smallest absolute Gasteiger partial charge is 0.125 e. The molecular weight excluding hydrogens is 348 g/mol. The monoisotopic (exact) mass is 396 g/mol. The summed E-state index contributed by atoms with van der Waals surface area (Å²) in [6.45, 7) is 6.73. The summed E-state index contributed by atoms with van der Waals surface area (Å²) in [4.78, 5) is 0. The minimum absolute atomic E-state index is 0.177. The maximum Gasteiger partial charge on any atom is 0.125 e. The average Bonchev–Trinajstić information content (AvgIpc) is 2.72. The van der Waals surface area contributed by atoms with Crippen molar-refractivity contribution in [3.8, 4) is 0 Å². The number of unbranched alkanes of at least 4 members (excludes halogenated alkanes) is 5. The molecule has 2 heteroatoms. The molecule has 0 amide bonds. The lowest BCUT2D eigenvalue weighted by Gasteiger charge is -2.44. The average molecular weight is 397 g/mol. The summed E-state index contributed by atoms with van der Waals surface area (Å²) in [6.07, 6.45) is 23.4. The minimum atomic E-state index is -0.608. The standard InChI is InChI=1S/C25H48OS/c1-4-7-9-11-19-25(27(26)6-3)20-17-24(18-21-25)23-15-13-22(14-16-23)12-10-8-5-2/h22-24H,4-21H2,1-3H3. The minimum Gasteiger partial charge on any atom is -0.616 e. The maximum absolute atomic E-state index is 12.9. The third kappa shape index (κ3) is 7.25. The van der Waals surface area contributed by atoms with E-state index in [9.17, 15) is 4.55 Å². The molecule has 0 aliphatic heterocycles. The highest BCUT2D eigenvalue weighted by Crippen LogP contribution is 2.47. The Morgan fingerprint density at radius 3 is 1.93 bits per heavy atom. The summed E-state index contributed by atoms with van der Waals surface area (Å²) >= 11 is -0.608. The van der Waals surface area contributed by atoms with Gasteiger partial charge in [0.1, 0.15) is 10.5 Å². The number of rotatable bonds is 12. The quantitative estimate of drug-likeness (QED) is 0.242. The SMILES string of the molecule is CCCCCCC1([S+]([O-])CC)CCC(C2CCC(CCCCC)CC2)CC1. The van der Waals surface area contributed by atoms with Crippen LogP contribution in [0.25, 0.3) is 0 Å². The lowest BCUT2D eigenvalue weighted by Crippen LogP contribution is -2.44. The zero-order valence-electron chi connectivity index (χ0n) is 18.8. The Balaban J connectivity index is 1.76. The molecule has 0 heterocycles. The van der Waals surface area contributed by atoms with Gasteiger partial charge in [0, 0.05) is 0 Å². The van der Waals surface area contributed by atoms with Crippen molar-refractivity contribution in [2.45, 2.75) is 135 Å². The predicted molar refractivity (Wildman–Crippen MR) is 122 cm³/mol. The molecule has 1 atom stereocenters. The molecule has 0 aromatic rings. The third-order valence-corrected chi connectivity index (χ3v) is 10.0. The summed E-state index contributed by atoms with van der Waals surface area (Å²) in [5.74, 6) is 3.82. The van der Waals surface area contributed by atoms with E-state index in [1.54, 1.807) is 0 Å². The van der Waals surface area contributed by atoms with E-state index < -0.39 is 11.2 Å². The summed E-state index contributed by atoms with van der Waals surface area (Å²) < 4.78 is 13.1. The summed E-state index contributed by atoms with van der Waals surface area (Å²) in [5, 5.41) is 0. The van der Waals surface area contributed by atoms with Crippen LogP contribution in [0.1, 0.15) is 130 Å². The Morgan fingerprint density at radius 1 is 0.741 bits per heavy atom. The second kappa shape index (κ2) is 12.8. The lowest BCUT2D eigenvalue weighted by molar-refractivity contribution is 0.145. The number of hydrogen-bond donors (Lipinski definition) is 0. The summed E-state index contributed by atoms with van der Waals surface area (Å²) in [7, 11) is 0. The van der Waals surface area contributed by atoms with Crippen molar-refractivity contribution in [1.82, 2.24) is 0 Å². The first-order chi connectivity index (χ1) is 13.1. The van der Waals surface area contributed by atoms with E-state index in [0.29, 0.717) is 0 Å². The Kier molecular flexibility index (Phi) is 11.2. The fourth-order valence-corrected chi connectivity index (χ4v) is 7.72. The predicted octanol–water partition coefficient (Wildman–Crippen LogP) is 8.04. The molecule has 2 aliphatic carbocycles. The topological polar surface area (TPSA) is 23.1 Å². The highest BCUT2D eigenvalue weighted by Gasteiger charge is 2.45. The van der Waals surface area contributed by atoms with Gasteiger partial charge in [-0.25, -0.2) is 0 Å². The van der Waals surface area contributed by atoms with Crippen molar-refractivity contribution in [1.29, 1.82) is 0 Å². The van der Waals surface area contributed by atoms with E-state index >= 15 is 0 Å². The maximum atomic E-state index is 12.9. The zero-order chi connectivity index (χ0) is 19.5. The Hall–Kier alpha value is 0.310. The molecule has 0 saturated heterocycles. The fourth-order valence-electron chi connectivity index (χ4n) is 6.04. The second-order valence-electron chi connectivity index (χ2n) is 9.74. The van der Waals surface area contributed by atoms with Gasteiger partial charge in [0.15, 0.2) is 0 Å². The van der Waals surface area contributed by atoms with E-state index in [0.717, 1.165) is 23.5 Å². The Bertz CT molecular complexity index is 367. The Morgan fingerprint density at radius 2 is 1.33 bits per heavy atom. The van der Waals surface area contributed by atoms with E-state index in [1.807, 2.05) is 0 Å². The van der Waals surface area contributed by atoms with Gasteiger partial charge in [-0.05, 0) is 87.2 Å². The van der Waals surface area contributed by atoms with Crippen molar-refractivity contribution in [2.75, 3.05) is 5.75 Å². The normalized spacial score (nSPS) is 33.1. The van der Waals surface area contributed by atoms with E-state index in [4.69, 9.17) is 0 Å². The molecule has 1 unspecified atom stereocenters. The molecule has 0 bridgehead atoms. The van der Waals surface area contributed by atoms with E-state index in [2.05, 4.69) is 20.8 Å². The number of hydrogen-bond acceptors (Lipinski definition) is 1. The van der Waals surface area contributed by atoms with Crippen LogP contribution in [0.15, 0.2) is 0 Å². The molecule has 0 spiro atoms. The van der Waals surface area contributed by atoms with Crippen molar-refractivity contribution in [2.24, 2.45) is 17.8 Å². The van der Waals surface area contributed by atoms with Crippen LogP contribution in [-0.4, -0.2) is 15.1 Å². The van der Waals surface area contributed by atoms with Crippen molar-refractivity contribution in [3.05, 3.63) is 0 Å². The molecular formula is C25H48OS. The molecule has 0 aromatic heterocycles. The molecule has 2 saturated carbocycles. The first kappa shape index (κ1) is 23.6. The third-order valence-electron chi connectivity index (χ3n) is 7.95. The van der Waals surface area contributed by atoms with Gasteiger partial charge in [0.25, 0.3) is 0 Å².